The lowest BCUT2D eigenvalue weighted by atomic mass is 10.0. The molecule has 0 saturated carbocycles. The highest BCUT2D eigenvalue weighted by atomic mass is 31.2. The number of carbonyl (C=O) groups excluding carboxylic acids is 2. The smallest absolute Gasteiger partial charge is 0.306 e. The number of allylic oxidation sites excluding steroid dienone is 16. The van der Waals surface area contributed by atoms with Crippen LogP contribution in [0.2, 0.25) is 0 Å². The molecule has 0 N–H and O–H groups in total. The van der Waals surface area contributed by atoms with E-state index in [4.69, 9.17) is 18.5 Å². The summed E-state index contributed by atoms with van der Waals surface area (Å²) in [7, 11) is 1.16. The van der Waals surface area contributed by atoms with Crippen LogP contribution in [0.3, 0.4) is 0 Å². The number of hydrogen-bond acceptors (Lipinski definition) is 8. The van der Waals surface area contributed by atoms with E-state index in [-0.39, 0.29) is 32.0 Å². The molecule has 0 spiro atoms. The normalized spacial score (nSPS) is 14.1. The van der Waals surface area contributed by atoms with Gasteiger partial charge in [0, 0.05) is 12.8 Å². The molecule has 0 radical (unpaired) electrons. The van der Waals surface area contributed by atoms with Gasteiger partial charge >= 0.3 is 11.9 Å². The standard InChI is InChI=1S/C60H104NO8P/c1-6-8-10-12-14-16-18-19-20-21-22-23-24-25-26-27-28-29-30-31-32-33-34-35-36-37-38-39-40-41-43-45-47-49-51-53-60(63)69-58(57-68-70(64,65)67-55-54-61(3,4)5)56-66-59(62)52-50-48-46-44-42-17-15-13-11-9-7-2/h8,10,14,16,19-20,22-23,25-26,28-29,31-32,34-35,58H,6-7,9,11-13,15,17-18,21,24,27,30,33,36-57H2,1-5H3/b10-8-,16-14-,20-19-,23-22-,26-25-,29-28-,32-31-,35-34-. The van der Waals surface area contributed by atoms with Gasteiger partial charge in [-0.15, -0.1) is 0 Å². The minimum absolute atomic E-state index is 0.0344. The van der Waals surface area contributed by atoms with Crippen molar-refractivity contribution in [2.75, 3.05) is 47.5 Å². The molecule has 0 aromatic carbocycles. The first-order valence-electron chi connectivity index (χ1n) is 27.9. The summed E-state index contributed by atoms with van der Waals surface area (Å²) in [6.45, 7) is 4.10. The lowest BCUT2D eigenvalue weighted by Crippen LogP contribution is -2.37. The lowest BCUT2D eigenvalue weighted by molar-refractivity contribution is -0.870. The molecule has 0 aliphatic carbocycles. The van der Waals surface area contributed by atoms with E-state index in [0.29, 0.717) is 17.4 Å². The number of carbonyl (C=O) groups is 2. The number of hydrogen-bond donors (Lipinski definition) is 0. The first kappa shape index (κ1) is 66.9. The third kappa shape index (κ3) is 54.3. The predicted molar refractivity (Wildman–Crippen MR) is 295 cm³/mol. The highest BCUT2D eigenvalue weighted by Gasteiger charge is 2.21. The number of nitrogens with zero attached hydrogens (tertiary/aromatic N) is 1. The Bertz CT molecular complexity index is 1500. The van der Waals surface area contributed by atoms with Gasteiger partial charge in [-0.2, -0.15) is 0 Å². The van der Waals surface area contributed by atoms with Gasteiger partial charge in [-0.25, -0.2) is 0 Å². The minimum atomic E-state index is -4.63. The van der Waals surface area contributed by atoms with Crippen molar-refractivity contribution >= 4 is 19.8 Å². The highest BCUT2D eigenvalue weighted by Crippen LogP contribution is 2.38. The zero-order valence-corrected chi connectivity index (χ0v) is 46.3. The zero-order chi connectivity index (χ0) is 51.3. The summed E-state index contributed by atoms with van der Waals surface area (Å²) in [6, 6.07) is 0. The van der Waals surface area contributed by atoms with E-state index in [1.54, 1.807) is 0 Å². The average Bonchev–Trinajstić information content (AvgIpc) is 3.32. The van der Waals surface area contributed by atoms with E-state index in [2.05, 4.69) is 111 Å². The van der Waals surface area contributed by atoms with Gasteiger partial charge < -0.3 is 27.9 Å². The summed E-state index contributed by atoms with van der Waals surface area (Å²) in [5, 5.41) is 0. The molecule has 2 atom stereocenters. The van der Waals surface area contributed by atoms with Gasteiger partial charge in [0.15, 0.2) is 6.10 Å². The van der Waals surface area contributed by atoms with Gasteiger partial charge in [-0.3, -0.25) is 14.2 Å². The van der Waals surface area contributed by atoms with Crippen molar-refractivity contribution in [1.82, 2.24) is 0 Å². The fourth-order valence-corrected chi connectivity index (χ4v) is 8.05. The number of unbranched alkanes of at least 4 members (excludes halogenated alkanes) is 20. The number of likely N-dealkylation sites (N-methyl/N-ethyl adjacent to an activating group) is 1. The number of quaternary nitrogens is 1. The fourth-order valence-electron chi connectivity index (χ4n) is 7.32. The third-order valence-corrected chi connectivity index (χ3v) is 12.6. The van der Waals surface area contributed by atoms with Crippen molar-refractivity contribution < 1.29 is 42.1 Å². The molecule has 0 amide bonds. The first-order chi connectivity index (χ1) is 34.0. The fraction of sp³-hybridized carbons (Fsp3) is 0.700. The second kappa shape index (κ2) is 50.9. The van der Waals surface area contributed by atoms with Crippen molar-refractivity contribution in [3.63, 3.8) is 0 Å². The maximum absolute atomic E-state index is 12.8. The van der Waals surface area contributed by atoms with Gasteiger partial charge in [0.05, 0.1) is 27.7 Å². The van der Waals surface area contributed by atoms with Crippen LogP contribution >= 0.6 is 7.82 Å². The van der Waals surface area contributed by atoms with E-state index >= 15 is 0 Å². The Morgan fingerprint density at radius 3 is 1.21 bits per heavy atom. The van der Waals surface area contributed by atoms with Gasteiger partial charge in [0.1, 0.15) is 19.8 Å². The molecule has 0 saturated heterocycles. The Balaban J connectivity index is 4.09. The molecule has 0 aliphatic heterocycles. The largest absolute Gasteiger partial charge is 0.756 e. The minimum Gasteiger partial charge on any atom is -0.756 e. The average molecular weight is 998 g/mol. The first-order valence-corrected chi connectivity index (χ1v) is 29.4. The molecule has 0 aliphatic rings. The molecular weight excluding hydrogens is 894 g/mol. The van der Waals surface area contributed by atoms with Crippen LogP contribution in [-0.2, 0) is 32.7 Å². The summed E-state index contributed by atoms with van der Waals surface area (Å²) < 4.78 is 34.0. The van der Waals surface area contributed by atoms with E-state index in [1.807, 2.05) is 21.1 Å². The van der Waals surface area contributed by atoms with Crippen molar-refractivity contribution in [3.8, 4) is 0 Å². The van der Waals surface area contributed by atoms with Crippen LogP contribution in [0.4, 0.5) is 0 Å². The molecule has 402 valence electrons. The molecule has 0 aromatic rings. The van der Waals surface area contributed by atoms with Gasteiger partial charge in [-0.05, 0) is 77.0 Å². The SMILES string of the molecule is CC/C=C\C/C=C\C/C=C\C/C=C\C/C=C\C/C=C\C/C=C\C/C=C\CCCCCCCCCCCCC(=O)OC(COC(=O)CCCCCCCCCCCCC)COP(=O)([O-])OCC[N+](C)(C)C. The zero-order valence-electron chi connectivity index (χ0n) is 45.4. The van der Waals surface area contributed by atoms with Crippen LogP contribution in [0, 0.1) is 0 Å². The van der Waals surface area contributed by atoms with Crippen LogP contribution in [0.1, 0.15) is 219 Å². The van der Waals surface area contributed by atoms with Gasteiger partial charge in [0.2, 0.25) is 0 Å². The van der Waals surface area contributed by atoms with Crippen LogP contribution in [0.5, 0.6) is 0 Å². The van der Waals surface area contributed by atoms with E-state index in [1.165, 1.54) is 89.9 Å². The second-order valence-corrected chi connectivity index (χ2v) is 21.0. The van der Waals surface area contributed by atoms with E-state index in [9.17, 15) is 19.0 Å². The lowest BCUT2D eigenvalue weighted by Gasteiger charge is -2.28. The monoisotopic (exact) mass is 998 g/mol. The van der Waals surface area contributed by atoms with E-state index in [0.717, 1.165) is 96.3 Å². The summed E-state index contributed by atoms with van der Waals surface area (Å²) in [4.78, 5) is 37.7. The molecular formula is C60H104NO8P. The number of rotatable bonds is 50. The maximum atomic E-state index is 12.8. The molecule has 0 heterocycles. The summed E-state index contributed by atoms with van der Waals surface area (Å²) in [5.74, 6) is -0.841. The summed E-state index contributed by atoms with van der Waals surface area (Å²) in [6.07, 6.45) is 68.9. The van der Waals surface area contributed by atoms with Gasteiger partial charge in [0.25, 0.3) is 7.82 Å². The van der Waals surface area contributed by atoms with E-state index < -0.39 is 26.5 Å². The number of phosphoric acid groups is 1. The molecule has 0 rings (SSSR count). The van der Waals surface area contributed by atoms with Gasteiger partial charge in [-0.1, -0.05) is 227 Å². The highest BCUT2D eigenvalue weighted by molar-refractivity contribution is 7.45. The molecule has 0 fully saturated rings. The van der Waals surface area contributed by atoms with Crippen molar-refractivity contribution in [1.29, 1.82) is 0 Å². The van der Waals surface area contributed by atoms with Crippen molar-refractivity contribution in [2.45, 2.75) is 225 Å². The van der Waals surface area contributed by atoms with Crippen molar-refractivity contribution in [3.05, 3.63) is 97.2 Å². The van der Waals surface area contributed by atoms with Crippen LogP contribution < -0.4 is 4.89 Å². The second-order valence-electron chi connectivity index (χ2n) is 19.6. The van der Waals surface area contributed by atoms with Crippen LogP contribution in [0.25, 0.3) is 0 Å². The summed E-state index contributed by atoms with van der Waals surface area (Å²) >= 11 is 0. The molecule has 70 heavy (non-hydrogen) atoms. The predicted octanol–water partition coefficient (Wildman–Crippen LogP) is 16.6. The Labute approximate surface area is 430 Å². The molecule has 0 aromatic heterocycles. The Morgan fingerprint density at radius 1 is 0.457 bits per heavy atom. The molecule has 2 unspecified atom stereocenters. The number of ether oxygens (including phenoxy) is 2. The topological polar surface area (TPSA) is 111 Å². The number of esters is 2. The van der Waals surface area contributed by atoms with Crippen LogP contribution in [0.15, 0.2) is 97.2 Å². The molecule has 0 bridgehead atoms. The van der Waals surface area contributed by atoms with Crippen molar-refractivity contribution in [2.24, 2.45) is 0 Å². The third-order valence-electron chi connectivity index (χ3n) is 11.6. The molecule has 10 heteroatoms. The Morgan fingerprint density at radius 2 is 0.814 bits per heavy atom. The van der Waals surface area contributed by atoms with Crippen LogP contribution in [-0.4, -0.2) is 70.0 Å². The maximum Gasteiger partial charge on any atom is 0.306 e. The summed E-state index contributed by atoms with van der Waals surface area (Å²) in [5.41, 5.74) is 0. The number of phosphoric ester groups is 1. The quantitative estimate of drug-likeness (QED) is 0.0195. The Hall–Kier alpha value is -3.07. The molecule has 9 nitrogen and oxygen atoms in total. The Kier molecular flexibility index (Phi) is 48.6.